The van der Waals surface area contributed by atoms with E-state index in [0.717, 1.165) is 5.75 Å². The molecular formula is C25H27N3O3S. The molecule has 2 unspecified atom stereocenters. The highest BCUT2D eigenvalue weighted by molar-refractivity contribution is 7.98. The first-order valence-corrected chi connectivity index (χ1v) is 11.8. The molecule has 1 amide bonds. The van der Waals surface area contributed by atoms with Gasteiger partial charge in [0.1, 0.15) is 6.10 Å². The molecule has 6 nitrogen and oxygen atoms in total. The lowest BCUT2D eigenvalue weighted by molar-refractivity contribution is -0.153. The van der Waals surface area contributed by atoms with Gasteiger partial charge in [-0.05, 0) is 49.6 Å². The zero-order valence-electron chi connectivity index (χ0n) is 18.4. The monoisotopic (exact) mass is 449 g/mol. The summed E-state index contributed by atoms with van der Waals surface area (Å²) in [4.78, 5) is 16.2. The van der Waals surface area contributed by atoms with E-state index >= 15 is 0 Å². The zero-order valence-corrected chi connectivity index (χ0v) is 19.2. The lowest BCUT2D eigenvalue weighted by Crippen LogP contribution is -2.60. The molecule has 1 fully saturated rings. The third kappa shape index (κ3) is 3.32. The number of hydrogen-bond donors (Lipinski definition) is 2. The van der Waals surface area contributed by atoms with Crippen LogP contribution < -0.4 is 0 Å². The van der Waals surface area contributed by atoms with E-state index in [4.69, 9.17) is 0 Å². The smallest absolute Gasteiger partial charge is 0.276 e. The summed E-state index contributed by atoms with van der Waals surface area (Å²) in [5, 5.41) is 24.8. The Labute approximate surface area is 192 Å². The van der Waals surface area contributed by atoms with Crippen molar-refractivity contribution < 1.29 is 15.0 Å². The molecular weight excluding hydrogens is 422 g/mol. The molecule has 0 radical (unpaired) electrons. The van der Waals surface area contributed by atoms with Gasteiger partial charge < -0.3 is 15.1 Å². The molecule has 0 aromatic heterocycles. The van der Waals surface area contributed by atoms with E-state index in [2.05, 4.69) is 54.4 Å². The van der Waals surface area contributed by atoms with Gasteiger partial charge >= 0.3 is 0 Å². The molecule has 2 N–H and O–H groups in total. The molecule has 3 heterocycles. The highest BCUT2D eigenvalue weighted by atomic mass is 32.2. The first kappa shape index (κ1) is 21.1. The summed E-state index contributed by atoms with van der Waals surface area (Å²) in [5.74, 6) is 0.276. The summed E-state index contributed by atoms with van der Waals surface area (Å²) in [6, 6.07) is 14.7. The minimum atomic E-state index is -1.19. The quantitative estimate of drug-likeness (QED) is 0.720. The van der Waals surface area contributed by atoms with Gasteiger partial charge in [-0.1, -0.05) is 42.0 Å². The Hall–Kier alpha value is -2.74. The Morgan fingerprint density at radius 3 is 2.69 bits per heavy atom. The van der Waals surface area contributed by atoms with Gasteiger partial charge in [-0.15, -0.1) is 11.8 Å². The van der Waals surface area contributed by atoms with Crippen LogP contribution in [0.4, 0.5) is 0 Å². The van der Waals surface area contributed by atoms with Gasteiger partial charge in [0.15, 0.2) is 11.5 Å². The second-order valence-corrected chi connectivity index (χ2v) is 9.76. The van der Waals surface area contributed by atoms with Crippen molar-refractivity contribution in [2.75, 3.05) is 6.67 Å². The summed E-state index contributed by atoms with van der Waals surface area (Å²) in [7, 11) is 0. The van der Waals surface area contributed by atoms with Gasteiger partial charge in [0, 0.05) is 22.9 Å². The second-order valence-electron chi connectivity index (χ2n) is 8.75. The normalized spacial score (nSPS) is 23.2. The summed E-state index contributed by atoms with van der Waals surface area (Å²) < 4.78 is 0. The van der Waals surface area contributed by atoms with E-state index in [1.807, 2.05) is 25.6 Å². The summed E-state index contributed by atoms with van der Waals surface area (Å²) >= 11 is 1.82. The van der Waals surface area contributed by atoms with Crippen LogP contribution >= 0.6 is 11.8 Å². The molecule has 32 heavy (non-hydrogen) atoms. The molecule has 0 aliphatic carbocycles. The third-order valence-electron chi connectivity index (χ3n) is 6.31. The van der Waals surface area contributed by atoms with Crippen molar-refractivity contribution >= 4 is 17.7 Å². The Balaban J connectivity index is 1.73. The van der Waals surface area contributed by atoms with E-state index in [1.54, 1.807) is 16.1 Å². The predicted molar refractivity (Wildman–Crippen MR) is 124 cm³/mol. The first-order valence-electron chi connectivity index (χ1n) is 10.8. The maximum atomic E-state index is 13.3. The van der Waals surface area contributed by atoms with Crippen LogP contribution in [-0.4, -0.2) is 49.9 Å². The van der Waals surface area contributed by atoms with Gasteiger partial charge in [0.05, 0.1) is 12.7 Å². The number of aryl methyl sites for hydroxylation is 1. The summed E-state index contributed by atoms with van der Waals surface area (Å²) in [6.07, 6.45) is 2.02. The van der Waals surface area contributed by atoms with Crippen LogP contribution in [-0.2, 0) is 10.5 Å². The zero-order chi connectivity index (χ0) is 22.6. The second kappa shape index (κ2) is 7.99. The number of hydrazine groups is 1. The molecule has 3 aliphatic heterocycles. The van der Waals surface area contributed by atoms with Crippen molar-refractivity contribution in [2.45, 2.75) is 49.6 Å². The van der Waals surface area contributed by atoms with Crippen LogP contribution in [0.2, 0.25) is 0 Å². The number of nitrogens with zero attached hydrogens (tertiary/aromatic N) is 3. The number of carbonyl (C=O) groups is 1. The lowest BCUT2D eigenvalue weighted by atomic mass is 9.93. The average Bonchev–Trinajstić information content (AvgIpc) is 2.93. The van der Waals surface area contributed by atoms with Crippen LogP contribution in [0.1, 0.15) is 42.1 Å². The molecule has 0 spiro atoms. The van der Waals surface area contributed by atoms with Crippen molar-refractivity contribution in [1.29, 1.82) is 0 Å². The number of aliphatic hydroxyl groups excluding tert-OH is 2. The van der Waals surface area contributed by atoms with Crippen molar-refractivity contribution in [3.05, 3.63) is 88.5 Å². The maximum absolute atomic E-state index is 13.3. The Kier molecular flexibility index (Phi) is 5.28. The van der Waals surface area contributed by atoms with E-state index in [-0.39, 0.29) is 29.4 Å². The largest absolute Gasteiger partial charge is 0.507 e. The van der Waals surface area contributed by atoms with Crippen molar-refractivity contribution in [3.63, 3.8) is 0 Å². The van der Waals surface area contributed by atoms with Crippen LogP contribution in [0.15, 0.2) is 71.1 Å². The highest BCUT2D eigenvalue weighted by Crippen LogP contribution is 2.45. The van der Waals surface area contributed by atoms with E-state index in [9.17, 15) is 15.0 Å². The average molecular weight is 450 g/mol. The van der Waals surface area contributed by atoms with E-state index in [0.29, 0.717) is 6.67 Å². The molecule has 2 aromatic rings. The highest BCUT2D eigenvalue weighted by Gasteiger charge is 2.44. The van der Waals surface area contributed by atoms with Gasteiger partial charge in [0.2, 0.25) is 0 Å². The number of carbonyl (C=O) groups excluding carboxylic acids is 1. The Morgan fingerprint density at radius 1 is 1.12 bits per heavy atom. The molecule has 2 aromatic carbocycles. The van der Waals surface area contributed by atoms with E-state index < -0.39 is 6.10 Å². The Morgan fingerprint density at radius 2 is 1.91 bits per heavy atom. The molecule has 3 aliphatic rings. The number of aliphatic hydroxyl groups is 2. The number of benzene rings is 2. The summed E-state index contributed by atoms with van der Waals surface area (Å²) in [6.45, 7) is 6.39. The fraction of sp³-hybridized carbons (Fsp3) is 0.320. The third-order valence-corrected chi connectivity index (χ3v) is 7.45. The standard InChI is InChI=1S/C25H27N3O3S/c1-15(2)26-14-28(27-11-10-20(29)24(30)23(27)25(26)31)22-18-7-5-4-6-17(18)13-32-21-9-8-16(3)12-19(21)22/h4-12,15,20,22,29-30H,13-14H2,1-3H3. The molecule has 7 heteroatoms. The molecule has 5 rings (SSSR count). The molecule has 2 atom stereocenters. The number of thioether (sulfide) groups is 1. The van der Waals surface area contributed by atoms with Gasteiger partial charge in [0.25, 0.3) is 5.91 Å². The number of fused-ring (bicyclic) bond motifs is 3. The van der Waals surface area contributed by atoms with Gasteiger partial charge in [-0.25, -0.2) is 0 Å². The van der Waals surface area contributed by atoms with Gasteiger partial charge in [-0.3, -0.25) is 9.80 Å². The molecule has 0 bridgehead atoms. The topological polar surface area (TPSA) is 67.2 Å². The minimum absolute atomic E-state index is 0.0668. The van der Waals surface area contributed by atoms with Crippen LogP contribution in [0.3, 0.4) is 0 Å². The van der Waals surface area contributed by atoms with Crippen LogP contribution in [0, 0.1) is 6.92 Å². The van der Waals surface area contributed by atoms with Crippen LogP contribution in [0.5, 0.6) is 0 Å². The SMILES string of the molecule is Cc1ccc2c(c1)C(N1CN(C(C)C)C(=O)C3=C(O)C(O)C=CN31)c1ccccc1CS2. The van der Waals surface area contributed by atoms with Crippen LogP contribution in [0.25, 0.3) is 0 Å². The predicted octanol–water partition coefficient (Wildman–Crippen LogP) is 4.08. The van der Waals surface area contributed by atoms with Crippen molar-refractivity contribution in [3.8, 4) is 0 Å². The number of amides is 1. The van der Waals surface area contributed by atoms with E-state index in [1.165, 1.54) is 33.2 Å². The van der Waals surface area contributed by atoms with Gasteiger partial charge in [-0.2, -0.15) is 5.01 Å². The molecule has 0 saturated carbocycles. The fourth-order valence-corrected chi connectivity index (χ4v) is 5.70. The minimum Gasteiger partial charge on any atom is -0.507 e. The van der Waals surface area contributed by atoms with Crippen molar-refractivity contribution in [1.82, 2.24) is 14.9 Å². The molecule has 166 valence electrons. The lowest BCUT2D eigenvalue weighted by Gasteiger charge is -2.50. The van der Waals surface area contributed by atoms with Crippen molar-refractivity contribution in [2.24, 2.45) is 0 Å². The number of hydrogen-bond acceptors (Lipinski definition) is 6. The molecule has 1 saturated heterocycles. The first-order chi connectivity index (χ1) is 15.4. The maximum Gasteiger partial charge on any atom is 0.276 e. The number of rotatable bonds is 2. The fourth-order valence-electron chi connectivity index (χ4n) is 4.63. The summed E-state index contributed by atoms with van der Waals surface area (Å²) in [5.41, 5.74) is 4.89. The Bertz CT molecular complexity index is 1140.